The third-order valence-corrected chi connectivity index (χ3v) is 10.7. The van der Waals surface area contributed by atoms with Gasteiger partial charge in [0.25, 0.3) is 0 Å². The van der Waals surface area contributed by atoms with E-state index in [1.807, 2.05) is 48.5 Å². The highest BCUT2D eigenvalue weighted by Crippen LogP contribution is 2.42. The highest BCUT2D eigenvalue weighted by Gasteiger charge is 2.27. The van der Waals surface area contributed by atoms with Crippen molar-refractivity contribution in [2.75, 3.05) is 0 Å². The van der Waals surface area contributed by atoms with E-state index in [2.05, 4.69) is 137 Å². The van der Waals surface area contributed by atoms with Crippen LogP contribution in [0.25, 0.3) is 96.0 Å². The Bertz CT molecular complexity index is 3000. The molecule has 0 spiro atoms. The summed E-state index contributed by atoms with van der Waals surface area (Å²) in [5, 5.41) is 3.34. The van der Waals surface area contributed by atoms with E-state index in [4.69, 9.17) is 24.9 Å². The molecule has 0 atom stereocenters. The van der Waals surface area contributed by atoms with Gasteiger partial charge < -0.3 is 0 Å². The van der Waals surface area contributed by atoms with Gasteiger partial charge in [0, 0.05) is 49.7 Å². The minimum atomic E-state index is 0.576. The number of nitrogens with zero attached hydrogens (tertiary/aromatic N) is 7. The van der Waals surface area contributed by atoms with Crippen LogP contribution in [-0.2, 0) is 6.42 Å². The number of allylic oxidation sites excluding steroid dienone is 1. The average Bonchev–Trinajstić information content (AvgIpc) is 3.81. The quantitative estimate of drug-likeness (QED) is 0.171. The van der Waals surface area contributed by atoms with Crippen LogP contribution in [-0.4, -0.2) is 34.1 Å². The molecule has 56 heavy (non-hydrogen) atoms. The van der Waals surface area contributed by atoms with Crippen molar-refractivity contribution >= 4 is 38.8 Å². The molecule has 1 aliphatic rings. The lowest BCUT2D eigenvalue weighted by atomic mass is 10.0. The summed E-state index contributed by atoms with van der Waals surface area (Å²) in [5.74, 6) is 2.41. The molecule has 1 aliphatic carbocycles. The first-order chi connectivity index (χ1) is 27.8. The molecule has 11 rings (SSSR count). The highest BCUT2D eigenvalue weighted by molar-refractivity contribution is 6.19. The van der Waals surface area contributed by atoms with Crippen molar-refractivity contribution in [2.45, 2.75) is 12.8 Å². The third kappa shape index (κ3) is 5.24. The van der Waals surface area contributed by atoms with Crippen molar-refractivity contribution in [2.24, 2.45) is 0 Å². The lowest BCUT2D eigenvalue weighted by Gasteiger charge is -2.15. The molecule has 0 saturated heterocycles. The molecule has 0 fully saturated rings. The first-order valence-corrected chi connectivity index (χ1v) is 18.9. The molecule has 10 aromatic rings. The lowest BCUT2D eigenvalue weighted by Crippen LogP contribution is -2.11. The van der Waals surface area contributed by atoms with Crippen molar-refractivity contribution < 1.29 is 0 Å². The van der Waals surface area contributed by atoms with E-state index in [9.17, 15) is 0 Å². The summed E-state index contributed by atoms with van der Waals surface area (Å²) in [6.45, 7) is 0. The Morgan fingerprint density at radius 3 is 1.52 bits per heavy atom. The molecule has 264 valence electrons. The summed E-state index contributed by atoms with van der Waals surface area (Å²) in [5.41, 5.74) is 11.0. The van der Waals surface area contributed by atoms with Gasteiger partial charge >= 0.3 is 0 Å². The second kappa shape index (κ2) is 13.1. The van der Waals surface area contributed by atoms with Crippen LogP contribution in [0.15, 0.2) is 170 Å². The Balaban J connectivity index is 1.28. The zero-order chi connectivity index (χ0) is 37.0. The van der Waals surface area contributed by atoms with Crippen LogP contribution in [0.2, 0.25) is 0 Å². The van der Waals surface area contributed by atoms with Gasteiger partial charge in [-0.25, -0.2) is 15.0 Å². The molecular weight excluding hydrogens is 687 g/mol. The molecule has 0 unspecified atom stereocenters. The van der Waals surface area contributed by atoms with Gasteiger partial charge in [0.05, 0.1) is 27.9 Å². The standard InChI is InChI=1S/C49H33N7/c1-5-17-32(18-6-1)40-31-41(33-19-7-2-8-20-33)51-48(50-40)55-42-27-15-13-25-36(42)38-29-30-39-37-26-14-16-28-43(37)56(45(39)44(38)55)49-53-46(34-21-9-3-10-22-34)52-47(54-49)35-23-11-4-12-24-35/h1-15,17-27,29-31H,16,28H2. The van der Waals surface area contributed by atoms with Crippen LogP contribution in [0, 0.1) is 0 Å². The molecule has 0 N–H and O–H groups in total. The van der Waals surface area contributed by atoms with Crippen molar-refractivity contribution in [3.8, 4) is 57.2 Å². The monoisotopic (exact) mass is 719 g/mol. The first kappa shape index (κ1) is 32.0. The highest BCUT2D eigenvalue weighted by atomic mass is 15.2. The van der Waals surface area contributed by atoms with Gasteiger partial charge in [0.15, 0.2) is 11.6 Å². The minimum absolute atomic E-state index is 0.576. The molecule has 0 amide bonds. The van der Waals surface area contributed by atoms with Crippen LogP contribution in [0.3, 0.4) is 0 Å². The number of hydrogen-bond acceptors (Lipinski definition) is 5. The van der Waals surface area contributed by atoms with Crippen LogP contribution >= 0.6 is 0 Å². The first-order valence-electron chi connectivity index (χ1n) is 18.9. The zero-order valence-electron chi connectivity index (χ0n) is 30.3. The molecule has 0 radical (unpaired) electrons. The fourth-order valence-electron chi connectivity index (χ4n) is 8.12. The minimum Gasteiger partial charge on any atom is -0.279 e. The fraction of sp³-hybridized carbons (Fsp3) is 0.0408. The second-order valence-corrected chi connectivity index (χ2v) is 14.0. The van der Waals surface area contributed by atoms with Gasteiger partial charge in [0.1, 0.15) is 0 Å². The van der Waals surface area contributed by atoms with E-state index in [1.165, 1.54) is 11.3 Å². The van der Waals surface area contributed by atoms with E-state index in [-0.39, 0.29) is 0 Å². The van der Waals surface area contributed by atoms with Crippen LogP contribution in [0.1, 0.15) is 17.7 Å². The molecule has 7 nitrogen and oxygen atoms in total. The Morgan fingerprint density at radius 1 is 0.411 bits per heavy atom. The summed E-state index contributed by atoms with van der Waals surface area (Å²) in [6, 6.07) is 56.2. The van der Waals surface area contributed by atoms with Gasteiger partial charge in [-0.2, -0.15) is 9.97 Å². The van der Waals surface area contributed by atoms with E-state index < -0.39 is 0 Å². The molecule has 0 bridgehead atoms. The Labute approximate surface area is 323 Å². The fourth-order valence-corrected chi connectivity index (χ4v) is 8.12. The topological polar surface area (TPSA) is 74.3 Å². The molecule has 6 aromatic carbocycles. The molecule has 0 saturated carbocycles. The van der Waals surface area contributed by atoms with E-state index in [0.29, 0.717) is 23.5 Å². The second-order valence-electron chi connectivity index (χ2n) is 14.0. The predicted octanol–water partition coefficient (Wildman–Crippen LogP) is 11.3. The van der Waals surface area contributed by atoms with Crippen molar-refractivity contribution in [3.63, 3.8) is 0 Å². The van der Waals surface area contributed by atoms with Gasteiger partial charge in [-0.15, -0.1) is 0 Å². The largest absolute Gasteiger partial charge is 0.279 e. The maximum atomic E-state index is 5.36. The Hall–Kier alpha value is -7.51. The van der Waals surface area contributed by atoms with E-state index >= 15 is 0 Å². The van der Waals surface area contributed by atoms with Crippen LogP contribution < -0.4 is 0 Å². The summed E-state index contributed by atoms with van der Waals surface area (Å²) >= 11 is 0. The number of rotatable bonds is 6. The maximum Gasteiger partial charge on any atom is 0.238 e. The van der Waals surface area contributed by atoms with Gasteiger partial charge in [-0.1, -0.05) is 164 Å². The molecule has 0 aliphatic heterocycles. The maximum absolute atomic E-state index is 5.36. The molecule has 4 aromatic heterocycles. The molecule has 7 heteroatoms. The molecular formula is C49H33N7. The van der Waals surface area contributed by atoms with Crippen LogP contribution in [0.5, 0.6) is 0 Å². The average molecular weight is 720 g/mol. The number of para-hydroxylation sites is 1. The van der Waals surface area contributed by atoms with Gasteiger partial charge in [-0.3, -0.25) is 9.13 Å². The number of hydrogen-bond donors (Lipinski definition) is 0. The van der Waals surface area contributed by atoms with E-state index in [0.717, 1.165) is 79.2 Å². The smallest absolute Gasteiger partial charge is 0.238 e. The summed E-state index contributed by atoms with van der Waals surface area (Å²) < 4.78 is 4.53. The molecule has 4 heterocycles. The van der Waals surface area contributed by atoms with Crippen molar-refractivity contribution in [1.82, 2.24) is 34.1 Å². The van der Waals surface area contributed by atoms with Crippen molar-refractivity contribution in [1.29, 1.82) is 0 Å². The van der Waals surface area contributed by atoms with Gasteiger partial charge in [0.2, 0.25) is 11.9 Å². The third-order valence-electron chi connectivity index (χ3n) is 10.7. The normalized spacial score (nSPS) is 12.4. The lowest BCUT2D eigenvalue weighted by molar-refractivity contribution is 0.838. The number of benzene rings is 6. The number of aromatic nitrogens is 7. The summed E-state index contributed by atoms with van der Waals surface area (Å²) in [7, 11) is 0. The van der Waals surface area contributed by atoms with E-state index in [1.54, 1.807) is 0 Å². The van der Waals surface area contributed by atoms with Gasteiger partial charge in [-0.05, 0) is 25.0 Å². The summed E-state index contributed by atoms with van der Waals surface area (Å²) in [6.07, 6.45) is 6.28. The number of fused-ring (bicyclic) bond motifs is 7. The zero-order valence-corrected chi connectivity index (χ0v) is 30.3. The summed E-state index contributed by atoms with van der Waals surface area (Å²) in [4.78, 5) is 26.3. The van der Waals surface area contributed by atoms with Crippen molar-refractivity contribution in [3.05, 3.63) is 181 Å². The SMILES string of the molecule is C1=Cc2c(n(-c3nc(-c4ccccc4)nc(-c4ccccc4)n3)c3c2ccc2c4ccccc4n(-c4nc(-c5ccccc5)cc(-c5ccccc5)n4)c23)CC1. The predicted molar refractivity (Wildman–Crippen MR) is 226 cm³/mol. The Kier molecular flexibility index (Phi) is 7.48. The van der Waals surface area contributed by atoms with Crippen LogP contribution in [0.4, 0.5) is 0 Å². The Morgan fingerprint density at radius 2 is 0.911 bits per heavy atom.